The van der Waals surface area contributed by atoms with Gasteiger partial charge in [0.25, 0.3) is 0 Å². The molecule has 0 spiro atoms. The third kappa shape index (κ3) is 7.19. The molecule has 2 aromatic rings. The van der Waals surface area contributed by atoms with Crippen LogP contribution in [-0.2, 0) is 32.0 Å². The molecule has 0 bridgehead atoms. The van der Waals surface area contributed by atoms with E-state index in [1.807, 2.05) is 60.7 Å². The standard InChI is InChI=1S/C22H25NO4S/c1-16(24)28-15-19(13-17-9-5-3-6-10-17)21(25)23-20(22(26)27-2)14-18-11-7-4-8-12-18/h3-12,19-20H,13-15H2,1-2H3,(H,23,25)/t19?,20-/m0/s1. The number of nitrogens with one attached hydrogen (secondary N) is 1. The Kier molecular flexibility index (Phi) is 8.75. The van der Waals surface area contributed by atoms with E-state index >= 15 is 0 Å². The third-order valence-corrected chi connectivity index (χ3v) is 5.24. The number of hydrogen-bond donors (Lipinski definition) is 1. The highest BCUT2D eigenvalue weighted by Crippen LogP contribution is 2.17. The molecule has 0 aliphatic rings. The number of rotatable bonds is 9. The van der Waals surface area contributed by atoms with E-state index in [1.54, 1.807) is 0 Å². The number of methoxy groups -OCH3 is 1. The summed E-state index contributed by atoms with van der Waals surface area (Å²) in [5.74, 6) is -0.826. The minimum Gasteiger partial charge on any atom is -0.467 e. The highest BCUT2D eigenvalue weighted by molar-refractivity contribution is 8.13. The van der Waals surface area contributed by atoms with Gasteiger partial charge in [-0.1, -0.05) is 72.4 Å². The van der Waals surface area contributed by atoms with Crippen LogP contribution in [0.25, 0.3) is 0 Å². The Morgan fingerprint density at radius 1 is 0.929 bits per heavy atom. The number of hydrogen-bond acceptors (Lipinski definition) is 5. The van der Waals surface area contributed by atoms with E-state index < -0.39 is 17.9 Å². The molecule has 0 aromatic heterocycles. The van der Waals surface area contributed by atoms with Crippen LogP contribution in [0.1, 0.15) is 18.1 Å². The van der Waals surface area contributed by atoms with Crippen LogP contribution in [0.5, 0.6) is 0 Å². The maximum atomic E-state index is 12.9. The molecule has 0 saturated heterocycles. The molecule has 2 rings (SSSR count). The Morgan fingerprint density at radius 2 is 1.46 bits per heavy atom. The van der Waals surface area contributed by atoms with Crippen molar-refractivity contribution in [1.82, 2.24) is 5.32 Å². The Morgan fingerprint density at radius 3 is 1.96 bits per heavy atom. The smallest absolute Gasteiger partial charge is 0.328 e. The Labute approximate surface area is 169 Å². The molecule has 6 heteroatoms. The third-order valence-electron chi connectivity index (χ3n) is 4.27. The van der Waals surface area contributed by atoms with Gasteiger partial charge >= 0.3 is 5.97 Å². The molecule has 2 aromatic carbocycles. The predicted molar refractivity (Wildman–Crippen MR) is 111 cm³/mol. The van der Waals surface area contributed by atoms with Crippen molar-refractivity contribution < 1.29 is 19.1 Å². The Balaban J connectivity index is 2.12. The van der Waals surface area contributed by atoms with Gasteiger partial charge in [0.15, 0.2) is 5.12 Å². The zero-order chi connectivity index (χ0) is 20.4. The average Bonchev–Trinajstić information content (AvgIpc) is 2.71. The van der Waals surface area contributed by atoms with E-state index in [0.717, 1.165) is 22.9 Å². The van der Waals surface area contributed by atoms with Crippen LogP contribution in [0, 0.1) is 5.92 Å². The lowest BCUT2D eigenvalue weighted by atomic mass is 9.99. The lowest BCUT2D eigenvalue weighted by Gasteiger charge is -2.21. The number of carbonyl (C=O) groups is 3. The maximum Gasteiger partial charge on any atom is 0.328 e. The van der Waals surface area contributed by atoms with Crippen molar-refractivity contribution in [3.05, 3.63) is 71.8 Å². The fourth-order valence-electron chi connectivity index (χ4n) is 2.82. The largest absolute Gasteiger partial charge is 0.467 e. The zero-order valence-corrected chi connectivity index (χ0v) is 16.9. The summed E-state index contributed by atoms with van der Waals surface area (Å²) in [4.78, 5) is 36.5. The predicted octanol–water partition coefficient (Wildman–Crippen LogP) is 3.03. The second-order valence-corrected chi connectivity index (χ2v) is 7.66. The molecule has 0 saturated carbocycles. The van der Waals surface area contributed by atoms with Crippen LogP contribution < -0.4 is 5.32 Å². The van der Waals surface area contributed by atoms with Crippen LogP contribution in [-0.4, -0.2) is 35.9 Å². The molecule has 148 valence electrons. The van der Waals surface area contributed by atoms with Crippen LogP contribution in [0.3, 0.4) is 0 Å². The number of benzene rings is 2. The van der Waals surface area contributed by atoms with E-state index in [0.29, 0.717) is 18.6 Å². The summed E-state index contributed by atoms with van der Waals surface area (Å²) in [5.41, 5.74) is 1.93. The van der Waals surface area contributed by atoms with Gasteiger partial charge in [0.2, 0.25) is 5.91 Å². The summed E-state index contributed by atoms with van der Waals surface area (Å²) in [7, 11) is 1.31. The molecule has 0 radical (unpaired) electrons. The summed E-state index contributed by atoms with van der Waals surface area (Å²) in [5, 5.41) is 2.78. The highest BCUT2D eigenvalue weighted by Gasteiger charge is 2.27. The molecule has 1 N–H and O–H groups in total. The molecule has 1 amide bonds. The fourth-order valence-corrected chi connectivity index (χ4v) is 3.52. The van der Waals surface area contributed by atoms with E-state index in [1.165, 1.54) is 14.0 Å². The fraction of sp³-hybridized carbons (Fsp3) is 0.318. The van der Waals surface area contributed by atoms with Gasteiger partial charge in [0, 0.05) is 19.1 Å². The molecular weight excluding hydrogens is 374 g/mol. The van der Waals surface area contributed by atoms with Gasteiger partial charge < -0.3 is 10.1 Å². The number of carbonyl (C=O) groups excluding carboxylic acids is 3. The average molecular weight is 400 g/mol. The zero-order valence-electron chi connectivity index (χ0n) is 16.1. The SMILES string of the molecule is COC(=O)[C@H](Cc1ccccc1)NC(=O)C(CSC(C)=O)Cc1ccccc1. The minimum absolute atomic E-state index is 0.0420. The number of amides is 1. The van der Waals surface area contributed by atoms with Crippen molar-refractivity contribution in [2.24, 2.45) is 5.92 Å². The summed E-state index contributed by atoms with van der Waals surface area (Å²) in [6, 6.07) is 18.3. The van der Waals surface area contributed by atoms with Gasteiger partial charge in [-0.05, 0) is 17.5 Å². The van der Waals surface area contributed by atoms with Crippen LogP contribution in [0.2, 0.25) is 0 Å². The lowest BCUT2D eigenvalue weighted by Crippen LogP contribution is -2.46. The topological polar surface area (TPSA) is 72.5 Å². The molecule has 5 nitrogen and oxygen atoms in total. The maximum absolute atomic E-state index is 12.9. The van der Waals surface area contributed by atoms with Crippen molar-refractivity contribution in [3.8, 4) is 0 Å². The molecule has 0 aliphatic heterocycles. The first-order chi connectivity index (χ1) is 13.5. The van der Waals surface area contributed by atoms with E-state index in [-0.39, 0.29) is 11.0 Å². The second-order valence-electron chi connectivity index (χ2n) is 6.46. The van der Waals surface area contributed by atoms with Crippen LogP contribution >= 0.6 is 11.8 Å². The molecule has 0 heterocycles. The molecule has 28 heavy (non-hydrogen) atoms. The van der Waals surface area contributed by atoms with Crippen molar-refractivity contribution in [1.29, 1.82) is 0 Å². The van der Waals surface area contributed by atoms with Gasteiger partial charge in [0.1, 0.15) is 6.04 Å². The van der Waals surface area contributed by atoms with Gasteiger partial charge in [-0.2, -0.15) is 0 Å². The number of ether oxygens (including phenoxy) is 1. The van der Waals surface area contributed by atoms with Gasteiger partial charge in [-0.3, -0.25) is 9.59 Å². The van der Waals surface area contributed by atoms with Crippen LogP contribution in [0.15, 0.2) is 60.7 Å². The summed E-state index contributed by atoms with van der Waals surface area (Å²) in [6.07, 6.45) is 0.837. The van der Waals surface area contributed by atoms with E-state index in [2.05, 4.69) is 5.32 Å². The second kappa shape index (κ2) is 11.3. The van der Waals surface area contributed by atoms with Crippen molar-refractivity contribution >= 4 is 28.8 Å². The molecular formula is C22H25NO4S. The quantitative estimate of drug-likeness (QED) is 0.656. The molecule has 2 atom stereocenters. The van der Waals surface area contributed by atoms with Crippen molar-refractivity contribution in [3.63, 3.8) is 0 Å². The van der Waals surface area contributed by atoms with Gasteiger partial charge in [0.05, 0.1) is 13.0 Å². The van der Waals surface area contributed by atoms with E-state index in [9.17, 15) is 14.4 Å². The molecule has 0 fully saturated rings. The lowest BCUT2D eigenvalue weighted by molar-refractivity contribution is -0.145. The first kappa shape index (κ1) is 21.7. The Hall–Kier alpha value is -2.60. The first-order valence-corrected chi connectivity index (χ1v) is 10.1. The molecule has 1 unspecified atom stereocenters. The number of esters is 1. The van der Waals surface area contributed by atoms with Crippen molar-refractivity contribution in [2.45, 2.75) is 25.8 Å². The first-order valence-electron chi connectivity index (χ1n) is 9.09. The van der Waals surface area contributed by atoms with Gasteiger partial charge in [-0.15, -0.1) is 0 Å². The summed E-state index contributed by atoms with van der Waals surface area (Å²) < 4.78 is 4.87. The minimum atomic E-state index is -0.777. The van der Waals surface area contributed by atoms with Crippen LogP contribution in [0.4, 0.5) is 0 Å². The van der Waals surface area contributed by atoms with Crippen molar-refractivity contribution in [2.75, 3.05) is 12.9 Å². The Bertz CT molecular complexity index is 780. The summed E-state index contributed by atoms with van der Waals surface area (Å²) in [6.45, 7) is 1.48. The van der Waals surface area contributed by atoms with Gasteiger partial charge in [-0.25, -0.2) is 4.79 Å². The molecule has 0 aliphatic carbocycles. The monoisotopic (exact) mass is 399 g/mol. The number of thioether (sulfide) groups is 1. The van der Waals surface area contributed by atoms with E-state index in [4.69, 9.17) is 4.74 Å². The summed E-state index contributed by atoms with van der Waals surface area (Å²) >= 11 is 1.12. The normalized spacial score (nSPS) is 12.6. The highest BCUT2D eigenvalue weighted by atomic mass is 32.2.